The molecule has 4 rings (SSSR count). The van der Waals surface area contributed by atoms with Gasteiger partial charge in [-0.1, -0.05) is 35.9 Å². The summed E-state index contributed by atoms with van der Waals surface area (Å²) in [7, 11) is 1.77. The van der Waals surface area contributed by atoms with E-state index in [2.05, 4.69) is 36.4 Å². The van der Waals surface area contributed by atoms with Crippen LogP contribution in [0.25, 0.3) is 5.57 Å². The summed E-state index contributed by atoms with van der Waals surface area (Å²) in [6.07, 6.45) is 11.9. The van der Waals surface area contributed by atoms with Gasteiger partial charge in [-0.25, -0.2) is 0 Å². The van der Waals surface area contributed by atoms with Crippen LogP contribution in [-0.2, 0) is 11.3 Å². The average molecular weight is 280 g/mol. The molecule has 1 nitrogen and oxygen atoms in total. The smallest absolute Gasteiger partial charge is 0.0713 e. The van der Waals surface area contributed by atoms with Crippen molar-refractivity contribution in [1.29, 1.82) is 0 Å². The Hall–Kier alpha value is -1.34. The Morgan fingerprint density at radius 3 is 2.71 bits per heavy atom. The topological polar surface area (TPSA) is 9.23 Å². The maximum absolute atomic E-state index is 5.28. The van der Waals surface area contributed by atoms with E-state index in [1.165, 1.54) is 48.8 Å². The van der Waals surface area contributed by atoms with E-state index >= 15 is 0 Å². The van der Waals surface area contributed by atoms with E-state index in [0.717, 1.165) is 17.8 Å². The van der Waals surface area contributed by atoms with Crippen LogP contribution < -0.4 is 0 Å². The van der Waals surface area contributed by atoms with Gasteiger partial charge in [-0.3, -0.25) is 0 Å². The van der Waals surface area contributed by atoms with Crippen molar-refractivity contribution >= 4 is 5.57 Å². The Bertz CT molecular complexity index is 588. The predicted octanol–water partition coefficient (Wildman–Crippen LogP) is 4.98. The molecule has 2 saturated carbocycles. The van der Waals surface area contributed by atoms with Crippen molar-refractivity contribution < 1.29 is 4.74 Å². The van der Waals surface area contributed by atoms with Crippen LogP contribution >= 0.6 is 0 Å². The summed E-state index contributed by atoms with van der Waals surface area (Å²) in [6.45, 7) is 0.703. The minimum absolute atomic E-state index is 0.703. The van der Waals surface area contributed by atoms with Gasteiger partial charge in [-0.15, -0.1) is 0 Å². The molecule has 1 heteroatoms. The third-order valence-electron chi connectivity index (χ3n) is 5.16. The fourth-order valence-electron chi connectivity index (χ4n) is 3.70. The van der Waals surface area contributed by atoms with E-state index in [-0.39, 0.29) is 0 Å². The van der Waals surface area contributed by atoms with Gasteiger partial charge in [0.1, 0.15) is 0 Å². The second-order valence-corrected chi connectivity index (χ2v) is 6.91. The Morgan fingerprint density at radius 2 is 2.00 bits per heavy atom. The Balaban J connectivity index is 1.66. The van der Waals surface area contributed by atoms with E-state index in [1.807, 2.05) is 0 Å². The maximum Gasteiger partial charge on any atom is 0.0713 e. The van der Waals surface area contributed by atoms with E-state index in [0.29, 0.717) is 6.61 Å². The lowest BCUT2D eigenvalue weighted by Crippen LogP contribution is -2.08. The molecule has 0 amide bonds. The molecule has 3 aliphatic rings. The molecule has 0 radical (unpaired) electrons. The second-order valence-electron chi connectivity index (χ2n) is 6.91. The zero-order chi connectivity index (χ0) is 14.2. The van der Waals surface area contributed by atoms with Crippen molar-refractivity contribution in [3.8, 4) is 0 Å². The summed E-state index contributed by atoms with van der Waals surface area (Å²) >= 11 is 0. The second kappa shape index (κ2) is 5.46. The minimum Gasteiger partial charge on any atom is -0.380 e. The Morgan fingerprint density at radius 1 is 1.14 bits per heavy atom. The van der Waals surface area contributed by atoms with Crippen molar-refractivity contribution in [2.24, 2.45) is 17.8 Å². The van der Waals surface area contributed by atoms with Crippen molar-refractivity contribution in [2.45, 2.75) is 38.7 Å². The van der Waals surface area contributed by atoms with E-state index in [9.17, 15) is 0 Å². The van der Waals surface area contributed by atoms with Crippen LogP contribution in [0.15, 0.2) is 42.0 Å². The molecule has 0 saturated heterocycles. The van der Waals surface area contributed by atoms with Gasteiger partial charge in [0.2, 0.25) is 0 Å². The number of ether oxygens (including phenoxy) is 1. The number of hydrogen-bond donors (Lipinski definition) is 0. The van der Waals surface area contributed by atoms with E-state index in [4.69, 9.17) is 4.74 Å². The summed E-state index contributed by atoms with van der Waals surface area (Å²) in [5, 5.41) is 0. The van der Waals surface area contributed by atoms with Crippen molar-refractivity contribution in [3.63, 3.8) is 0 Å². The molecule has 21 heavy (non-hydrogen) atoms. The van der Waals surface area contributed by atoms with Gasteiger partial charge in [-0.05, 0) is 72.6 Å². The zero-order valence-corrected chi connectivity index (χ0v) is 12.8. The lowest BCUT2D eigenvalue weighted by molar-refractivity contribution is 0.185. The number of benzene rings is 1. The third-order valence-corrected chi connectivity index (χ3v) is 5.16. The number of allylic oxidation sites excluding steroid dienone is 4. The number of rotatable bonds is 5. The highest BCUT2D eigenvalue weighted by Crippen LogP contribution is 2.50. The minimum atomic E-state index is 0.703. The van der Waals surface area contributed by atoms with Crippen LogP contribution in [0.2, 0.25) is 0 Å². The predicted molar refractivity (Wildman–Crippen MR) is 86.8 cm³/mol. The van der Waals surface area contributed by atoms with Gasteiger partial charge in [0.05, 0.1) is 6.61 Å². The Kier molecular flexibility index (Phi) is 3.46. The summed E-state index contributed by atoms with van der Waals surface area (Å²) in [5.41, 5.74) is 5.91. The Labute approximate surface area is 127 Å². The standard InChI is InChI=1S/C20H24O/c1-21-13-14-3-2-4-18(11-14)19-10-9-17(15-5-6-15)12-20(19)16-7-8-16/h2-4,9-11,15-17H,5-8,12-13H2,1H3. The molecule has 0 bridgehead atoms. The third kappa shape index (κ3) is 2.85. The quantitative estimate of drug-likeness (QED) is 0.739. The molecule has 2 fully saturated rings. The van der Waals surface area contributed by atoms with Crippen LogP contribution in [-0.4, -0.2) is 7.11 Å². The molecule has 3 aliphatic carbocycles. The monoisotopic (exact) mass is 280 g/mol. The highest BCUT2D eigenvalue weighted by molar-refractivity contribution is 5.78. The largest absolute Gasteiger partial charge is 0.380 e. The highest BCUT2D eigenvalue weighted by Gasteiger charge is 2.36. The van der Waals surface area contributed by atoms with Gasteiger partial charge in [0.15, 0.2) is 0 Å². The molecule has 0 spiro atoms. The van der Waals surface area contributed by atoms with Gasteiger partial charge in [0, 0.05) is 7.11 Å². The molecule has 0 N–H and O–H groups in total. The molecule has 1 aromatic carbocycles. The molecule has 1 atom stereocenters. The van der Waals surface area contributed by atoms with Gasteiger partial charge in [-0.2, -0.15) is 0 Å². The van der Waals surface area contributed by atoms with E-state index < -0.39 is 0 Å². The molecule has 110 valence electrons. The van der Waals surface area contributed by atoms with Crippen LogP contribution in [0.5, 0.6) is 0 Å². The molecular formula is C20H24O. The summed E-state index contributed by atoms with van der Waals surface area (Å²) < 4.78 is 5.28. The normalized spacial score (nSPS) is 25.5. The summed E-state index contributed by atoms with van der Waals surface area (Å²) in [5.74, 6) is 2.68. The fraction of sp³-hybridized carbons (Fsp3) is 0.500. The first-order valence-corrected chi connectivity index (χ1v) is 8.34. The lowest BCUT2D eigenvalue weighted by atomic mass is 9.82. The summed E-state index contributed by atoms with van der Waals surface area (Å²) in [4.78, 5) is 0. The molecule has 0 aromatic heterocycles. The first-order valence-electron chi connectivity index (χ1n) is 8.34. The van der Waals surface area contributed by atoms with Crippen molar-refractivity contribution in [1.82, 2.24) is 0 Å². The first kappa shape index (κ1) is 13.3. The molecule has 0 aliphatic heterocycles. The maximum atomic E-state index is 5.28. The van der Waals surface area contributed by atoms with Crippen LogP contribution in [0.4, 0.5) is 0 Å². The molecule has 0 heterocycles. The van der Waals surface area contributed by atoms with E-state index in [1.54, 1.807) is 12.7 Å². The lowest BCUT2D eigenvalue weighted by Gasteiger charge is -2.23. The first-order chi connectivity index (χ1) is 10.3. The molecular weight excluding hydrogens is 256 g/mol. The number of hydrogen-bond acceptors (Lipinski definition) is 1. The van der Waals surface area contributed by atoms with Crippen LogP contribution in [0.1, 0.15) is 43.2 Å². The molecule has 1 aromatic rings. The van der Waals surface area contributed by atoms with Crippen LogP contribution in [0, 0.1) is 17.8 Å². The van der Waals surface area contributed by atoms with Gasteiger partial charge < -0.3 is 4.74 Å². The highest BCUT2D eigenvalue weighted by atomic mass is 16.5. The van der Waals surface area contributed by atoms with Gasteiger partial charge in [0.25, 0.3) is 0 Å². The molecule has 1 unspecified atom stereocenters. The zero-order valence-electron chi connectivity index (χ0n) is 12.8. The fourth-order valence-corrected chi connectivity index (χ4v) is 3.70. The average Bonchev–Trinajstić information content (AvgIpc) is 3.41. The summed E-state index contributed by atoms with van der Waals surface area (Å²) in [6, 6.07) is 8.90. The number of methoxy groups -OCH3 is 1. The SMILES string of the molecule is COCc1cccc(C2=C(C3CC3)CC(C3CC3)C=C2)c1. The van der Waals surface area contributed by atoms with Crippen LogP contribution in [0.3, 0.4) is 0 Å². The van der Waals surface area contributed by atoms with Crippen molar-refractivity contribution in [2.75, 3.05) is 7.11 Å². The van der Waals surface area contributed by atoms with Crippen molar-refractivity contribution in [3.05, 3.63) is 53.1 Å². The van der Waals surface area contributed by atoms with Gasteiger partial charge >= 0.3 is 0 Å².